The lowest BCUT2D eigenvalue weighted by atomic mass is 9.71. The molecule has 112 valence electrons. The van der Waals surface area contributed by atoms with Gasteiger partial charge in [0, 0.05) is 0 Å². The number of nitrogens with zero attached hydrogens (tertiary/aromatic N) is 3. The fourth-order valence-corrected chi connectivity index (χ4v) is 3.01. The molecule has 1 aliphatic heterocycles. The first-order chi connectivity index (χ1) is 10.0. The van der Waals surface area contributed by atoms with E-state index in [2.05, 4.69) is 15.5 Å². The zero-order chi connectivity index (χ0) is 15.0. The molecule has 1 spiro atoms. The van der Waals surface area contributed by atoms with Crippen molar-refractivity contribution >= 4 is 17.8 Å². The smallest absolute Gasteiger partial charge is 0.331 e. The van der Waals surface area contributed by atoms with Crippen LogP contribution in [0.3, 0.4) is 0 Å². The Balaban J connectivity index is 1.87. The predicted molar refractivity (Wildman–Crippen MR) is 68.6 cm³/mol. The third-order valence-corrected chi connectivity index (χ3v) is 4.12. The van der Waals surface area contributed by atoms with Crippen LogP contribution in [0.5, 0.6) is 0 Å². The van der Waals surface area contributed by atoms with Crippen LogP contribution in [-0.4, -0.2) is 32.9 Å². The average Bonchev–Trinajstić information content (AvgIpc) is 2.88. The van der Waals surface area contributed by atoms with Crippen molar-refractivity contribution in [3.8, 4) is 0 Å². The molecular formula is C13H16N4O4. The van der Waals surface area contributed by atoms with Crippen molar-refractivity contribution in [2.75, 3.05) is 0 Å². The lowest BCUT2D eigenvalue weighted by molar-refractivity contribution is -0.154. The molecule has 8 heteroatoms. The Bertz CT molecular complexity index is 603. The highest BCUT2D eigenvalue weighted by atomic mass is 16.5. The first-order valence-corrected chi connectivity index (χ1v) is 6.99. The van der Waals surface area contributed by atoms with E-state index in [1.165, 1.54) is 0 Å². The van der Waals surface area contributed by atoms with E-state index in [-0.39, 0.29) is 12.4 Å². The molecule has 8 nitrogen and oxygen atoms in total. The molecule has 1 aliphatic carbocycles. The van der Waals surface area contributed by atoms with Crippen molar-refractivity contribution in [2.45, 2.75) is 45.6 Å². The summed E-state index contributed by atoms with van der Waals surface area (Å²) < 4.78 is 4.95. The largest absolute Gasteiger partial charge is 0.337 e. The number of rotatable bonds is 2. The Labute approximate surface area is 120 Å². The van der Waals surface area contributed by atoms with Gasteiger partial charge in [0.25, 0.3) is 0 Å². The minimum absolute atomic E-state index is 0.111. The van der Waals surface area contributed by atoms with Crippen LogP contribution in [0.15, 0.2) is 4.52 Å². The van der Waals surface area contributed by atoms with Gasteiger partial charge in [-0.1, -0.05) is 24.4 Å². The number of aromatic nitrogens is 2. The highest BCUT2D eigenvalue weighted by Crippen LogP contribution is 2.40. The molecule has 4 amide bonds. The number of amides is 4. The fourth-order valence-electron chi connectivity index (χ4n) is 3.01. The van der Waals surface area contributed by atoms with Crippen LogP contribution >= 0.6 is 0 Å². The van der Waals surface area contributed by atoms with Crippen LogP contribution in [-0.2, 0) is 16.1 Å². The van der Waals surface area contributed by atoms with Crippen molar-refractivity contribution < 1.29 is 18.9 Å². The second kappa shape index (κ2) is 4.94. The first kappa shape index (κ1) is 13.7. The van der Waals surface area contributed by atoms with Crippen molar-refractivity contribution in [1.82, 2.24) is 20.4 Å². The average molecular weight is 292 g/mol. The quantitative estimate of drug-likeness (QED) is 0.812. The molecule has 1 saturated carbocycles. The van der Waals surface area contributed by atoms with Gasteiger partial charge in [-0.2, -0.15) is 4.98 Å². The third-order valence-electron chi connectivity index (χ3n) is 4.12. The van der Waals surface area contributed by atoms with Gasteiger partial charge in [-0.3, -0.25) is 19.8 Å². The van der Waals surface area contributed by atoms with Crippen LogP contribution in [0.4, 0.5) is 4.79 Å². The van der Waals surface area contributed by atoms with E-state index in [0.29, 0.717) is 18.7 Å². The molecule has 2 heterocycles. The molecule has 0 aromatic carbocycles. The Morgan fingerprint density at radius 3 is 2.57 bits per heavy atom. The van der Waals surface area contributed by atoms with Gasteiger partial charge < -0.3 is 4.52 Å². The van der Waals surface area contributed by atoms with Crippen molar-refractivity contribution in [3.05, 3.63) is 11.7 Å². The van der Waals surface area contributed by atoms with Gasteiger partial charge >= 0.3 is 6.03 Å². The zero-order valence-electron chi connectivity index (χ0n) is 11.7. The summed E-state index contributed by atoms with van der Waals surface area (Å²) in [7, 11) is 0. The molecule has 3 rings (SSSR count). The van der Waals surface area contributed by atoms with Crippen LogP contribution in [0.2, 0.25) is 0 Å². The minimum Gasteiger partial charge on any atom is -0.337 e. The molecule has 1 N–H and O–H groups in total. The lowest BCUT2D eigenvalue weighted by Gasteiger charge is -2.40. The number of aryl methyl sites for hydroxylation is 1. The SMILES string of the molecule is Cc1noc(CN2C(=O)NC(=O)C3(CCCCC3)C2=O)n1. The number of hydrogen-bond donors (Lipinski definition) is 1. The topological polar surface area (TPSA) is 105 Å². The summed E-state index contributed by atoms with van der Waals surface area (Å²) in [5, 5.41) is 5.91. The molecule has 21 heavy (non-hydrogen) atoms. The maximum atomic E-state index is 12.7. The molecule has 1 aromatic rings. The highest BCUT2D eigenvalue weighted by Gasteiger charge is 2.54. The van der Waals surface area contributed by atoms with E-state index >= 15 is 0 Å². The Kier molecular flexibility index (Phi) is 3.23. The molecule has 2 aliphatic rings. The summed E-state index contributed by atoms with van der Waals surface area (Å²) in [6.07, 6.45) is 3.56. The summed E-state index contributed by atoms with van der Waals surface area (Å²) >= 11 is 0. The van der Waals surface area contributed by atoms with Gasteiger partial charge in [-0.05, 0) is 19.8 Å². The van der Waals surface area contributed by atoms with Gasteiger partial charge in [0.05, 0.1) is 0 Å². The third kappa shape index (κ3) is 2.20. The van der Waals surface area contributed by atoms with E-state index in [1.54, 1.807) is 6.92 Å². The molecular weight excluding hydrogens is 276 g/mol. The first-order valence-electron chi connectivity index (χ1n) is 6.99. The molecule has 0 unspecified atom stereocenters. The number of carbonyl (C=O) groups is 3. The summed E-state index contributed by atoms with van der Waals surface area (Å²) in [5.41, 5.74) is -1.11. The molecule has 1 aromatic heterocycles. The molecule has 1 saturated heterocycles. The summed E-state index contributed by atoms with van der Waals surface area (Å²) in [5.74, 6) is -0.323. The van der Waals surface area contributed by atoms with E-state index in [0.717, 1.165) is 24.2 Å². The monoisotopic (exact) mass is 292 g/mol. The van der Waals surface area contributed by atoms with Crippen molar-refractivity contribution in [2.24, 2.45) is 5.41 Å². The number of imide groups is 2. The number of urea groups is 1. The van der Waals surface area contributed by atoms with E-state index in [9.17, 15) is 14.4 Å². The van der Waals surface area contributed by atoms with Crippen LogP contribution in [0.1, 0.15) is 43.8 Å². The molecule has 0 radical (unpaired) electrons. The summed E-state index contributed by atoms with van der Waals surface area (Å²) in [6.45, 7) is 1.54. The maximum absolute atomic E-state index is 12.7. The lowest BCUT2D eigenvalue weighted by Crippen LogP contribution is -2.64. The second-order valence-corrected chi connectivity index (χ2v) is 5.53. The van der Waals surface area contributed by atoms with E-state index in [1.807, 2.05) is 0 Å². The molecule has 2 fully saturated rings. The van der Waals surface area contributed by atoms with Crippen LogP contribution in [0, 0.1) is 12.3 Å². The van der Waals surface area contributed by atoms with Crippen molar-refractivity contribution in [3.63, 3.8) is 0 Å². The number of hydrogen-bond acceptors (Lipinski definition) is 6. The number of barbiturate groups is 1. The second-order valence-electron chi connectivity index (χ2n) is 5.53. The fraction of sp³-hybridized carbons (Fsp3) is 0.615. The standard InChI is InChI=1S/C13H16N4O4/c1-8-14-9(21-16-8)7-17-11(19)13(5-3-2-4-6-13)10(18)15-12(17)20/h2-7H2,1H3,(H,15,18,20). The van der Waals surface area contributed by atoms with E-state index < -0.39 is 23.3 Å². The Hall–Kier alpha value is -2.25. The number of nitrogens with one attached hydrogen (secondary N) is 1. The molecule has 0 bridgehead atoms. The Morgan fingerprint density at radius 1 is 1.24 bits per heavy atom. The summed E-state index contributed by atoms with van der Waals surface area (Å²) in [6, 6.07) is -0.725. The normalized spacial score (nSPS) is 21.8. The van der Waals surface area contributed by atoms with E-state index in [4.69, 9.17) is 4.52 Å². The van der Waals surface area contributed by atoms with Gasteiger partial charge in [-0.25, -0.2) is 4.79 Å². The van der Waals surface area contributed by atoms with Crippen LogP contribution in [0.25, 0.3) is 0 Å². The predicted octanol–water partition coefficient (Wildman–Crippen LogP) is 0.907. The maximum Gasteiger partial charge on any atom is 0.331 e. The van der Waals surface area contributed by atoms with Gasteiger partial charge in [0.15, 0.2) is 5.82 Å². The van der Waals surface area contributed by atoms with Crippen LogP contribution < -0.4 is 5.32 Å². The van der Waals surface area contributed by atoms with Gasteiger partial charge in [0.2, 0.25) is 17.7 Å². The Morgan fingerprint density at radius 2 is 1.95 bits per heavy atom. The molecule has 0 atom stereocenters. The number of carbonyl (C=O) groups excluding carboxylic acids is 3. The van der Waals surface area contributed by atoms with Gasteiger partial charge in [-0.15, -0.1) is 0 Å². The summed E-state index contributed by atoms with van der Waals surface area (Å²) in [4.78, 5) is 41.8. The zero-order valence-corrected chi connectivity index (χ0v) is 11.7. The highest BCUT2D eigenvalue weighted by molar-refractivity contribution is 6.19. The van der Waals surface area contributed by atoms with Crippen molar-refractivity contribution in [1.29, 1.82) is 0 Å². The minimum atomic E-state index is -1.11. The van der Waals surface area contributed by atoms with Gasteiger partial charge in [0.1, 0.15) is 12.0 Å².